The fourth-order valence-electron chi connectivity index (χ4n) is 2.22. The minimum absolute atomic E-state index is 0.00660. The molecule has 1 aliphatic carbocycles. The molecular formula is C15H18N2O3. The Kier molecular flexibility index (Phi) is 4.50. The molecule has 2 N–H and O–H groups in total. The molecule has 0 bridgehead atoms. The van der Waals surface area contributed by atoms with E-state index in [1.807, 2.05) is 0 Å². The molecule has 20 heavy (non-hydrogen) atoms. The fraction of sp³-hybridized carbons (Fsp3) is 0.400. The molecule has 1 aromatic rings. The minimum Gasteiger partial charge on any atom is -0.335 e. The molecule has 0 heterocycles. The Bertz CT molecular complexity index is 512. The van der Waals surface area contributed by atoms with Gasteiger partial charge in [-0.3, -0.25) is 9.59 Å². The van der Waals surface area contributed by atoms with Crippen LogP contribution in [0.2, 0.25) is 0 Å². The van der Waals surface area contributed by atoms with Crippen molar-refractivity contribution < 1.29 is 14.4 Å². The minimum atomic E-state index is -0.278. The first-order valence-electron chi connectivity index (χ1n) is 6.75. The Hall–Kier alpha value is -2.17. The predicted molar refractivity (Wildman–Crippen MR) is 75.9 cm³/mol. The number of Topliss-reactive ketones (excluding diaryl/α,β-unsaturated/α-hetero) is 2. The van der Waals surface area contributed by atoms with E-state index in [-0.39, 0.29) is 23.6 Å². The zero-order chi connectivity index (χ0) is 14.5. The van der Waals surface area contributed by atoms with E-state index in [9.17, 15) is 14.4 Å². The highest BCUT2D eigenvalue weighted by Crippen LogP contribution is 2.15. The van der Waals surface area contributed by atoms with Crippen molar-refractivity contribution in [3.05, 3.63) is 29.8 Å². The number of ketones is 2. The Morgan fingerprint density at radius 1 is 1.10 bits per heavy atom. The standard InChI is InChI=1S/C15H18N2O3/c1-10(18)11-2-4-12(5-3-11)16-15(20)17-13-6-8-14(19)9-7-13/h2-5,13H,6-9H2,1H3,(H2,16,17,20). The smallest absolute Gasteiger partial charge is 0.319 e. The second-order valence-corrected chi connectivity index (χ2v) is 5.04. The molecule has 0 spiro atoms. The Labute approximate surface area is 117 Å². The van der Waals surface area contributed by atoms with E-state index in [2.05, 4.69) is 10.6 Å². The van der Waals surface area contributed by atoms with Crippen molar-refractivity contribution in [2.75, 3.05) is 5.32 Å². The normalized spacial score (nSPS) is 15.8. The van der Waals surface area contributed by atoms with Crippen molar-refractivity contribution in [2.45, 2.75) is 38.6 Å². The van der Waals surface area contributed by atoms with Crippen LogP contribution in [0.15, 0.2) is 24.3 Å². The number of rotatable bonds is 3. The van der Waals surface area contributed by atoms with E-state index >= 15 is 0 Å². The SMILES string of the molecule is CC(=O)c1ccc(NC(=O)NC2CCC(=O)CC2)cc1. The van der Waals surface area contributed by atoms with Crippen molar-refractivity contribution in [3.63, 3.8) is 0 Å². The second kappa shape index (κ2) is 6.32. The second-order valence-electron chi connectivity index (χ2n) is 5.04. The molecular weight excluding hydrogens is 256 g/mol. The first kappa shape index (κ1) is 14.2. The maximum absolute atomic E-state index is 11.8. The molecule has 0 saturated heterocycles. The summed E-state index contributed by atoms with van der Waals surface area (Å²) < 4.78 is 0. The first-order valence-corrected chi connectivity index (χ1v) is 6.75. The van der Waals surface area contributed by atoms with Crippen LogP contribution in [0.4, 0.5) is 10.5 Å². The summed E-state index contributed by atoms with van der Waals surface area (Å²) in [6.07, 6.45) is 2.49. The lowest BCUT2D eigenvalue weighted by Gasteiger charge is -2.22. The average molecular weight is 274 g/mol. The largest absolute Gasteiger partial charge is 0.335 e. The third-order valence-corrected chi connectivity index (χ3v) is 3.43. The molecule has 1 saturated carbocycles. The Morgan fingerprint density at radius 2 is 1.70 bits per heavy atom. The zero-order valence-electron chi connectivity index (χ0n) is 11.4. The highest BCUT2D eigenvalue weighted by atomic mass is 16.2. The predicted octanol–water partition coefficient (Wildman–Crippen LogP) is 2.52. The summed E-state index contributed by atoms with van der Waals surface area (Å²) in [6.45, 7) is 1.50. The van der Waals surface area contributed by atoms with E-state index in [0.717, 1.165) is 0 Å². The third kappa shape index (κ3) is 3.91. The molecule has 0 aliphatic heterocycles. The van der Waals surface area contributed by atoms with Gasteiger partial charge >= 0.3 is 6.03 Å². The monoisotopic (exact) mass is 274 g/mol. The molecule has 1 aliphatic rings. The quantitative estimate of drug-likeness (QED) is 0.832. The highest BCUT2D eigenvalue weighted by molar-refractivity contribution is 5.95. The molecule has 0 atom stereocenters. The van der Waals surface area contributed by atoms with Crippen LogP contribution in [-0.4, -0.2) is 23.6 Å². The topological polar surface area (TPSA) is 75.3 Å². The molecule has 5 nitrogen and oxygen atoms in total. The number of urea groups is 1. The Morgan fingerprint density at radius 3 is 2.25 bits per heavy atom. The lowest BCUT2D eigenvalue weighted by molar-refractivity contribution is -0.120. The molecule has 106 valence electrons. The van der Waals surface area contributed by atoms with Crippen LogP contribution in [0, 0.1) is 0 Å². The van der Waals surface area contributed by atoms with Gasteiger partial charge in [-0.05, 0) is 44.0 Å². The van der Waals surface area contributed by atoms with Crippen LogP contribution >= 0.6 is 0 Å². The summed E-state index contributed by atoms with van der Waals surface area (Å²) in [5.74, 6) is 0.260. The molecule has 2 rings (SSSR count). The van der Waals surface area contributed by atoms with Crippen LogP contribution in [0.5, 0.6) is 0 Å². The number of anilines is 1. The lowest BCUT2D eigenvalue weighted by atomic mass is 9.94. The van der Waals surface area contributed by atoms with E-state index in [1.165, 1.54) is 6.92 Å². The molecule has 0 radical (unpaired) electrons. The van der Waals surface area contributed by atoms with Crippen molar-refractivity contribution in [1.29, 1.82) is 0 Å². The Balaban J connectivity index is 1.85. The van der Waals surface area contributed by atoms with Gasteiger partial charge in [0, 0.05) is 30.1 Å². The van der Waals surface area contributed by atoms with Gasteiger partial charge < -0.3 is 10.6 Å². The molecule has 2 amide bonds. The van der Waals surface area contributed by atoms with E-state index in [4.69, 9.17) is 0 Å². The van der Waals surface area contributed by atoms with Gasteiger partial charge in [-0.1, -0.05) is 0 Å². The van der Waals surface area contributed by atoms with Crippen molar-refractivity contribution in [3.8, 4) is 0 Å². The van der Waals surface area contributed by atoms with Crippen LogP contribution in [0.25, 0.3) is 0 Å². The molecule has 1 aromatic carbocycles. The number of hydrogen-bond acceptors (Lipinski definition) is 3. The van der Waals surface area contributed by atoms with Gasteiger partial charge in [0.2, 0.25) is 0 Å². The van der Waals surface area contributed by atoms with Gasteiger partial charge in [-0.2, -0.15) is 0 Å². The number of carbonyl (C=O) groups excluding carboxylic acids is 3. The lowest BCUT2D eigenvalue weighted by Crippen LogP contribution is -2.40. The zero-order valence-corrected chi connectivity index (χ0v) is 11.4. The van der Waals surface area contributed by atoms with Gasteiger partial charge in [-0.15, -0.1) is 0 Å². The van der Waals surface area contributed by atoms with Gasteiger partial charge in [0.15, 0.2) is 5.78 Å². The van der Waals surface area contributed by atoms with E-state index in [0.29, 0.717) is 36.9 Å². The maximum Gasteiger partial charge on any atom is 0.319 e. The summed E-state index contributed by atoms with van der Waals surface area (Å²) in [6, 6.07) is 6.53. The summed E-state index contributed by atoms with van der Waals surface area (Å²) in [7, 11) is 0. The summed E-state index contributed by atoms with van der Waals surface area (Å²) in [5.41, 5.74) is 1.25. The number of amides is 2. The van der Waals surface area contributed by atoms with Gasteiger partial charge in [0.25, 0.3) is 0 Å². The van der Waals surface area contributed by atoms with E-state index < -0.39 is 0 Å². The molecule has 0 unspecified atom stereocenters. The van der Waals surface area contributed by atoms with Crippen molar-refractivity contribution in [1.82, 2.24) is 5.32 Å². The third-order valence-electron chi connectivity index (χ3n) is 3.43. The summed E-state index contributed by atoms with van der Waals surface area (Å²) in [5, 5.41) is 5.58. The van der Waals surface area contributed by atoms with Crippen molar-refractivity contribution in [2.24, 2.45) is 0 Å². The van der Waals surface area contributed by atoms with Gasteiger partial charge in [0.1, 0.15) is 5.78 Å². The molecule has 1 fully saturated rings. The molecule has 0 aromatic heterocycles. The average Bonchev–Trinajstić information content (AvgIpc) is 2.42. The van der Waals surface area contributed by atoms with Gasteiger partial charge in [0.05, 0.1) is 0 Å². The fourth-order valence-corrected chi connectivity index (χ4v) is 2.22. The number of hydrogen-bond donors (Lipinski definition) is 2. The summed E-state index contributed by atoms with van der Waals surface area (Å²) in [4.78, 5) is 34.1. The van der Waals surface area contributed by atoms with Crippen LogP contribution in [0.3, 0.4) is 0 Å². The number of benzene rings is 1. The van der Waals surface area contributed by atoms with Crippen molar-refractivity contribution >= 4 is 23.3 Å². The van der Waals surface area contributed by atoms with Crippen LogP contribution < -0.4 is 10.6 Å². The van der Waals surface area contributed by atoms with Gasteiger partial charge in [-0.25, -0.2) is 4.79 Å². The first-order chi connectivity index (χ1) is 9.54. The number of carbonyl (C=O) groups is 3. The highest BCUT2D eigenvalue weighted by Gasteiger charge is 2.20. The van der Waals surface area contributed by atoms with Crippen LogP contribution in [0.1, 0.15) is 43.0 Å². The van der Waals surface area contributed by atoms with E-state index in [1.54, 1.807) is 24.3 Å². The maximum atomic E-state index is 11.8. The van der Waals surface area contributed by atoms with Crippen LogP contribution in [-0.2, 0) is 4.79 Å². The summed E-state index contributed by atoms with van der Waals surface area (Å²) >= 11 is 0. The molecule has 5 heteroatoms. The number of nitrogens with one attached hydrogen (secondary N) is 2.